The third-order valence-electron chi connectivity index (χ3n) is 1.22. The Bertz CT molecular complexity index is 365. The molecule has 0 fully saturated rings. The van der Waals surface area contributed by atoms with Crippen molar-refractivity contribution in [1.29, 1.82) is 0 Å². The van der Waals surface area contributed by atoms with E-state index in [1.54, 1.807) is 12.3 Å². The largest absolute Gasteiger partial charge is 0.417 e. The van der Waals surface area contributed by atoms with Gasteiger partial charge in [0, 0.05) is 6.20 Å². The van der Waals surface area contributed by atoms with Crippen LogP contribution in [0.4, 0.5) is 0 Å². The number of hydrogen-bond donors (Lipinski definition) is 1. The van der Waals surface area contributed by atoms with Crippen LogP contribution in [0.25, 0.3) is 11.1 Å². The van der Waals surface area contributed by atoms with Gasteiger partial charge >= 0.3 is 5.76 Å². The summed E-state index contributed by atoms with van der Waals surface area (Å²) < 4.78 is 4.69. The number of H-pyrrole nitrogens is 1. The molecule has 0 unspecified atom stereocenters. The molecule has 4 nitrogen and oxygen atoms in total. The van der Waals surface area contributed by atoms with Crippen LogP contribution in [0.15, 0.2) is 27.7 Å². The molecule has 50 valence electrons. The van der Waals surface area contributed by atoms with E-state index in [9.17, 15) is 4.79 Å². The quantitative estimate of drug-likeness (QED) is 0.574. The topological polar surface area (TPSA) is 58.9 Å². The number of aromatic nitrogens is 2. The monoisotopic (exact) mass is 136 g/mol. The molecular formula is C6H4N2O2. The molecule has 0 spiro atoms. The molecule has 4 heteroatoms. The van der Waals surface area contributed by atoms with E-state index < -0.39 is 5.76 Å². The van der Waals surface area contributed by atoms with E-state index in [2.05, 4.69) is 9.97 Å². The standard InChI is InChI=1S/C6H4N2O2/c9-6-8-4-1-2-7-3-5(4)10-6/h1-3H,(H,8,9). The highest BCUT2D eigenvalue weighted by Crippen LogP contribution is 2.04. The lowest BCUT2D eigenvalue weighted by molar-refractivity contribution is 0.554. The predicted molar refractivity (Wildman–Crippen MR) is 34.6 cm³/mol. The summed E-state index contributed by atoms with van der Waals surface area (Å²) in [6.45, 7) is 0. The maximum absolute atomic E-state index is 10.5. The zero-order valence-electron chi connectivity index (χ0n) is 5.00. The number of fused-ring (bicyclic) bond motifs is 1. The Labute approximate surface area is 55.5 Å². The summed E-state index contributed by atoms with van der Waals surface area (Å²) in [6, 6.07) is 1.68. The Balaban J connectivity index is 3.01. The van der Waals surface area contributed by atoms with E-state index in [-0.39, 0.29) is 0 Å². The summed E-state index contributed by atoms with van der Waals surface area (Å²) >= 11 is 0. The van der Waals surface area contributed by atoms with E-state index in [4.69, 9.17) is 4.42 Å². The molecule has 2 rings (SSSR count). The second-order valence-electron chi connectivity index (χ2n) is 1.89. The SMILES string of the molecule is O=c1[nH]c2ccncc2o1. The van der Waals surface area contributed by atoms with Gasteiger partial charge < -0.3 is 4.42 Å². The van der Waals surface area contributed by atoms with E-state index in [0.29, 0.717) is 11.1 Å². The van der Waals surface area contributed by atoms with E-state index >= 15 is 0 Å². The molecule has 10 heavy (non-hydrogen) atoms. The van der Waals surface area contributed by atoms with Crippen LogP contribution in [-0.2, 0) is 0 Å². The van der Waals surface area contributed by atoms with Crippen LogP contribution in [0, 0.1) is 0 Å². The van der Waals surface area contributed by atoms with Crippen molar-refractivity contribution in [1.82, 2.24) is 9.97 Å². The number of rotatable bonds is 0. The van der Waals surface area contributed by atoms with Crippen molar-refractivity contribution in [2.45, 2.75) is 0 Å². The van der Waals surface area contributed by atoms with E-state index in [0.717, 1.165) is 0 Å². The summed E-state index contributed by atoms with van der Waals surface area (Å²) in [5, 5.41) is 0. The number of nitrogens with one attached hydrogen (secondary N) is 1. The molecule has 2 aromatic heterocycles. The Morgan fingerprint density at radius 1 is 1.60 bits per heavy atom. The molecule has 0 aliphatic carbocycles. The molecule has 0 radical (unpaired) electrons. The van der Waals surface area contributed by atoms with Crippen LogP contribution in [0.3, 0.4) is 0 Å². The van der Waals surface area contributed by atoms with Crippen LogP contribution in [0.2, 0.25) is 0 Å². The van der Waals surface area contributed by atoms with Crippen molar-refractivity contribution >= 4 is 11.1 Å². The zero-order valence-corrected chi connectivity index (χ0v) is 5.00. The maximum atomic E-state index is 10.5. The summed E-state index contributed by atoms with van der Waals surface area (Å²) in [6.07, 6.45) is 3.08. The summed E-state index contributed by atoms with van der Waals surface area (Å²) in [4.78, 5) is 16.8. The van der Waals surface area contributed by atoms with Crippen LogP contribution in [0.5, 0.6) is 0 Å². The Morgan fingerprint density at radius 2 is 2.50 bits per heavy atom. The Kier molecular flexibility index (Phi) is 0.887. The lowest BCUT2D eigenvalue weighted by Gasteiger charge is -1.79. The van der Waals surface area contributed by atoms with Gasteiger partial charge in [-0.2, -0.15) is 0 Å². The predicted octanol–water partition coefficient (Wildman–Crippen LogP) is 0.516. The normalized spacial score (nSPS) is 10.4. The number of hydrogen-bond acceptors (Lipinski definition) is 3. The van der Waals surface area contributed by atoms with E-state index in [1.807, 2.05) is 0 Å². The first-order valence-corrected chi connectivity index (χ1v) is 2.79. The van der Waals surface area contributed by atoms with Crippen LogP contribution < -0.4 is 5.76 Å². The van der Waals surface area contributed by atoms with Gasteiger partial charge in [-0.15, -0.1) is 0 Å². The van der Waals surface area contributed by atoms with Crippen molar-refractivity contribution in [3.8, 4) is 0 Å². The van der Waals surface area contributed by atoms with Crippen molar-refractivity contribution < 1.29 is 4.42 Å². The maximum Gasteiger partial charge on any atom is 0.417 e. The minimum absolute atomic E-state index is 0.442. The highest BCUT2D eigenvalue weighted by molar-refractivity contribution is 5.69. The van der Waals surface area contributed by atoms with Gasteiger partial charge in [-0.3, -0.25) is 9.97 Å². The highest BCUT2D eigenvalue weighted by Gasteiger charge is 1.96. The van der Waals surface area contributed by atoms with Crippen LogP contribution >= 0.6 is 0 Å². The molecule has 0 aliphatic rings. The van der Waals surface area contributed by atoms with Crippen molar-refractivity contribution in [3.05, 3.63) is 29.0 Å². The molecule has 1 N–H and O–H groups in total. The lowest BCUT2D eigenvalue weighted by Crippen LogP contribution is -1.92. The third kappa shape index (κ3) is 0.621. The fraction of sp³-hybridized carbons (Fsp3) is 0. The molecular weight excluding hydrogens is 132 g/mol. The van der Waals surface area contributed by atoms with Gasteiger partial charge in [0.15, 0.2) is 5.58 Å². The van der Waals surface area contributed by atoms with Crippen molar-refractivity contribution in [2.75, 3.05) is 0 Å². The second kappa shape index (κ2) is 1.70. The third-order valence-corrected chi connectivity index (χ3v) is 1.22. The zero-order chi connectivity index (χ0) is 6.97. The molecule has 0 aromatic carbocycles. The first-order valence-electron chi connectivity index (χ1n) is 2.79. The van der Waals surface area contributed by atoms with Gasteiger partial charge in [0.2, 0.25) is 0 Å². The van der Waals surface area contributed by atoms with Gasteiger partial charge in [-0.25, -0.2) is 4.79 Å². The minimum Gasteiger partial charge on any atom is -0.406 e. The van der Waals surface area contributed by atoms with Crippen LogP contribution in [0.1, 0.15) is 0 Å². The lowest BCUT2D eigenvalue weighted by atomic mass is 10.4. The van der Waals surface area contributed by atoms with Gasteiger partial charge in [0.1, 0.15) is 0 Å². The molecule has 0 bridgehead atoms. The van der Waals surface area contributed by atoms with Gasteiger partial charge in [-0.05, 0) is 6.07 Å². The summed E-state index contributed by atoms with van der Waals surface area (Å²) in [5.41, 5.74) is 1.17. The number of aromatic amines is 1. The van der Waals surface area contributed by atoms with Crippen molar-refractivity contribution in [3.63, 3.8) is 0 Å². The minimum atomic E-state index is -0.442. The fourth-order valence-electron chi connectivity index (χ4n) is 0.800. The van der Waals surface area contributed by atoms with Crippen molar-refractivity contribution in [2.24, 2.45) is 0 Å². The van der Waals surface area contributed by atoms with Gasteiger partial charge in [0.25, 0.3) is 0 Å². The molecule has 0 atom stereocenters. The Hall–Kier alpha value is -1.58. The van der Waals surface area contributed by atoms with Gasteiger partial charge in [-0.1, -0.05) is 0 Å². The molecule has 0 amide bonds. The number of oxazole rings is 1. The first kappa shape index (κ1) is 5.22. The Morgan fingerprint density at radius 3 is 3.30 bits per heavy atom. The first-order chi connectivity index (χ1) is 4.86. The average molecular weight is 136 g/mol. The summed E-state index contributed by atoms with van der Waals surface area (Å²) in [5.74, 6) is -0.442. The molecule has 2 heterocycles. The molecule has 0 saturated carbocycles. The summed E-state index contributed by atoms with van der Waals surface area (Å²) in [7, 11) is 0. The highest BCUT2D eigenvalue weighted by atomic mass is 16.4. The molecule has 0 saturated heterocycles. The smallest absolute Gasteiger partial charge is 0.406 e. The van der Waals surface area contributed by atoms with Crippen LogP contribution in [-0.4, -0.2) is 9.97 Å². The van der Waals surface area contributed by atoms with Gasteiger partial charge in [0.05, 0.1) is 11.7 Å². The number of nitrogens with zero attached hydrogens (tertiary/aromatic N) is 1. The fourth-order valence-corrected chi connectivity index (χ4v) is 0.800. The average Bonchev–Trinajstić information content (AvgIpc) is 2.27. The molecule has 2 aromatic rings. The molecule has 0 aliphatic heterocycles. The number of pyridine rings is 1. The second-order valence-corrected chi connectivity index (χ2v) is 1.89. The van der Waals surface area contributed by atoms with E-state index in [1.165, 1.54) is 6.20 Å².